The Labute approximate surface area is 96.7 Å². The molecule has 1 atom stereocenters. The van der Waals surface area contributed by atoms with Gasteiger partial charge >= 0.3 is 5.97 Å². The molecule has 1 aliphatic rings. The van der Waals surface area contributed by atoms with Crippen LogP contribution in [0.5, 0.6) is 0 Å². The van der Waals surface area contributed by atoms with Crippen LogP contribution >= 0.6 is 0 Å². The van der Waals surface area contributed by atoms with Gasteiger partial charge in [0.15, 0.2) is 5.60 Å². The fourth-order valence-corrected chi connectivity index (χ4v) is 2.18. The highest BCUT2D eigenvalue weighted by atomic mass is 19.3. The fourth-order valence-electron chi connectivity index (χ4n) is 2.18. The normalized spacial score (nSPS) is 22.5. The third-order valence-corrected chi connectivity index (χ3v) is 3.22. The maximum Gasteiger partial charge on any atom is 0.340 e. The van der Waals surface area contributed by atoms with Crippen molar-refractivity contribution in [2.45, 2.75) is 24.4 Å². The molecule has 0 unspecified atom stereocenters. The molecule has 2 N–H and O–H groups in total. The van der Waals surface area contributed by atoms with Crippen molar-refractivity contribution in [2.24, 2.45) is 5.92 Å². The number of carboxylic acid groups (broad SMARTS) is 1. The molecular formula is C12H12F2O3. The minimum Gasteiger partial charge on any atom is -0.479 e. The lowest BCUT2D eigenvalue weighted by atomic mass is 9.67. The van der Waals surface area contributed by atoms with E-state index in [1.165, 1.54) is 12.1 Å². The van der Waals surface area contributed by atoms with Crippen LogP contribution in [0.4, 0.5) is 8.78 Å². The zero-order chi connectivity index (χ0) is 12.7. The molecule has 1 aliphatic carbocycles. The molecule has 2 rings (SSSR count). The molecule has 0 aliphatic heterocycles. The van der Waals surface area contributed by atoms with Gasteiger partial charge in [-0.25, -0.2) is 13.6 Å². The van der Waals surface area contributed by atoms with Crippen LogP contribution in [0.3, 0.4) is 0 Å². The summed E-state index contributed by atoms with van der Waals surface area (Å²) in [6.45, 7) is 0. The second-order valence-corrected chi connectivity index (χ2v) is 4.40. The lowest BCUT2D eigenvalue weighted by Gasteiger charge is -2.43. The first-order valence-electron chi connectivity index (χ1n) is 5.25. The highest BCUT2D eigenvalue weighted by molar-refractivity contribution is 5.79. The molecule has 0 amide bonds. The van der Waals surface area contributed by atoms with Crippen molar-refractivity contribution in [1.29, 1.82) is 0 Å². The highest BCUT2D eigenvalue weighted by Crippen LogP contribution is 2.51. The van der Waals surface area contributed by atoms with E-state index in [2.05, 4.69) is 0 Å². The van der Waals surface area contributed by atoms with E-state index in [4.69, 9.17) is 5.11 Å². The molecule has 92 valence electrons. The molecule has 1 aromatic carbocycles. The van der Waals surface area contributed by atoms with Gasteiger partial charge in [-0.1, -0.05) is 30.3 Å². The van der Waals surface area contributed by atoms with E-state index in [9.17, 15) is 18.7 Å². The average molecular weight is 242 g/mol. The van der Waals surface area contributed by atoms with Gasteiger partial charge in [-0.15, -0.1) is 0 Å². The highest BCUT2D eigenvalue weighted by Gasteiger charge is 2.58. The van der Waals surface area contributed by atoms with E-state index in [0.29, 0.717) is 0 Å². The molecule has 0 aromatic heterocycles. The lowest BCUT2D eigenvalue weighted by Crippen LogP contribution is -2.52. The van der Waals surface area contributed by atoms with Crippen molar-refractivity contribution in [3.05, 3.63) is 35.9 Å². The Morgan fingerprint density at radius 1 is 1.29 bits per heavy atom. The molecule has 0 bridgehead atoms. The van der Waals surface area contributed by atoms with Crippen LogP contribution in [0.25, 0.3) is 0 Å². The smallest absolute Gasteiger partial charge is 0.340 e. The maximum atomic E-state index is 12.8. The van der Waals surface area contributed by atoms with E-state index in [-0.39, 0.29) is 5.56 Å². The molecule has 0 radical (unpaired) electrons. The first-order valence-corrected chi connectivity index (χ1v) is 5.25. The Balaban J connectivity index is 2.32. The molecule has 0 saturated heterocycles. The molecule has 1 fully saturated rings. The van der Waals surface area contributed by atoms with E-state index in [0.717, 1.165) is 0 Å². The molecule has 1 aromatic rings. The summed E-state index contributed by atoms with van der Waals surface area (Å²) in [5.74, 6) is -5.29. The average Bonchev–Trinajstić information content (AvgIpc) is 2.25. The predicted molar refractivity (Wildman–Crippen MR) is 55.6 cm³/mol. The standard InChI is InChI=1S/C12H12F2O3/c13-11(14)6-9(7-11)12(17,10(15)16)8-4-2-1-3-5-8/h1-5,9,17H,6-7H2,(H,15,16)/t12-/m0/s1. The zero-order valence-corrected chi connectivity index (χ0v) is 8.94. The summed E-state index contributed by atoms with van der Waals surface area (Å²) in [6, 6.07) is 7.68. The van der Waals surface area contributed by atoms with Crippen molar-refractivity contribution in [3.8, 4) is 0 Å². The summed E-state index contributed by atoms with van der Waals surface area (Å²) >= 11 is 0. The van der Waals surface area contributed by atoms with Gasteiger partial charge in [-0.05, 0) is 5.56 Å². The molecule has 0 spiro atoms. The predicted octanol–water partition coefficient (Wildman–Crippen LogP) is 2.00. The summed E-state index contributed by atoms with van der Waals surface area (Å²) in [6.07, 6.45) is -1.19. The molecular weight excluding hydrogens is 230 g/mol. The minimum absolute atomic E-state index is 0.146. The van der Waals surface area contributed by atoms with Crippen molar-refractivity contribution < 1.29 is 23.8 Å². The largest absolute Gasteiger partial charge is 0.479 e. The summed E-state index contributed by atoms with van der Waals surface area (Å²) in [4.78, 5) is 11.2. The van der Waals surface area contributed by atoms with Gasteiger partial charge in [-0.2, -0.15) is 0 Å². The third kappa shape index (κ3) is 1.91. The fraction of sp³-hybridized carbons (Fsp3) is 0.417. The Hall–Kier alpha value is -1.49. The van der Waals surface area contributed by atoms with Gasteiger partial charge in [-0.3, -0.25) is 0 Å². The summed E-state index contributed by atoms with van der Waals surface area (Å²) in [5, 5.41) is 19.3. The Morgan fingerprint density at radius 2 is 1.82 bits per heavy atom. The summed E-state index contributed by atoms with van der Waals surface area (Å²) in [7, 11) is 0. The molecule has 3 nitrogen and oxygen atoms in total. The zero-order valence-electron chi connectivity index (χ0n) is 8.94. The van der Waals surface area contributed by atoms with E-state index < -0.39 is 36.3 Å². The minimum atomic E-state index is -2.86. The number of hydrogen-bond acceptors (Lipinski definition) is 2. The molecule has 17 heavy (non-hydrogen) atoms. The number of carboxylic acids is 1. The number of alkyl halides is 2. The van der Waals surface area contributed by atoms with Crippen LogP contribution in [0, 0.1) is 5.92 Å². The van der Waals surface area contributed by atoms with Crippen LogP contribution in [-0.2, 0) is 10.4 Å². The molecule has 5 heteroatoms. The van der Waals surface area contributed by atoms with Crippen molar-refractivity contribution in [1.82, 2.24) is 0 Å². The summed E-state index contributed by atoms with van der Waals surface area (Å²) in [5.41, 5.74) is -2.07. The number of aliphatic hydroxyl groups is 1. The van der Waals surface area contributed by atoms with Crippen molar-refractivity contribution >= 4 is 5.97 Å². The van der Waals surface area contributed by atoms with Crippen LogP contribution in [0.15, 0.2) is 30.3 Å². The van der Waals surface area contributed by atoms with Crippen molar-refractivity contribution in [2.75, 3.05) is 0 Å². The maximum absolute atomic E-state index is 12.8. The monoisotopic (exact) mass is 242 g/mol. The summed E-state index contributed by atoms with van der Waals surface area (Å²) < 4.78 is 25.6. The van der Waals surface area contributed by atoms with Crippen molar-refractivity contribution in [3.63, 3.8) is 0 Å². The topological polar surface area (TPSA) is 57.5 Å². The van der Waals surface area contributed by atoms with Crippen LogP contribution in [0.2, 0.25) is 0 Å². The Bertz CT molecular complexity index is 425. The van der Waals surface area contributed by atoms with Gasteiger partial charge in [0, 0.05) is 18.8 Å². The van der Waals surface area contributed by atoms with Gasteiger partial charge in [0.2, 0.25) is 5.92 Å². The number of carbonyl (C=O) groups is 1. The van der Waals surface area contributed by atoms with Gasteiger partial charge in [0.05, 0.1) is 0 Å². The van der Waals surface area contributed by atoms with Crippen LogP contribution in [-0.4, -0.2) is 22.1 Å². The Morgan fingerprint density at radius 3 is 2.24 bits per heavy atom. The van der Waals surface area contributed by atoms with Crippen LogP contribution in [0.1, 0.15) is 18.4 Å². The first kappa shape index (κ1) is 12.0. The second kappa shape index (κ2) is 3.77. The van der Waals surface area contributed by atoms with E-state index in [1.807, 2.05) is 0 Å². The quantitative estimate of drug-likeness (QED) is 0.852. The first-order chi connectivity index (χ1) is 7.86. The van der Waals surface area contributed by atoms with E-state index >= 15 is 0 Å². The SMILES string of the molecule is O=C(O)[C@](O)(c1ccccc1)C1CC(F)(F)C1. The number of aliphatic carboxylic acids is 1. The van der Waals surface area contributed by atoms with Gasteiger partial charge in [0.1, 0.15) is 0 Å². The molecule has 0 heterocycles. The van der Waals surface area contributed by atoms with E-state index in [1.54, 1.807) is 18.2 Å². The molecule has 1 saturated carbocycles. The van der Waals surface area contributed by atoms with Gasteiger partial charge < -0.3 is 10.2 Å². The third-order valence-electron chi connectivity index (χ3n) is 3.22. The number of benzene rings is 1. The number of rotatable bonds is 3. The van der Waals surface area contributed by atoms with Crippen LogP contribution < -0.4 is 0 Å². The second-order valence-electron chi connectivity index (χ2n) is 4.40. The van der Waals surface area contributed by atoms with Gasteiger partial charge in [0.25, 0.3) is 0 Å². The Kier molecular flexibility index (Phi) is 2.66. The number of halogens is 2. The lowest BCUT2D eigenvalue weighted by molar-refractivity contribution is -0.200. The number of hydrogen-bond donors (Lipinski definition) is 2.